The Morgan fingerprint density at radius 3 is 3.13 bits per heavy atom. The van der Waals surface area contributed by atoms with Gasteiger partial charge in [0, 0.05) is 17.5 Å². The maximum Gasteiger partial charge on any atom is 0.0731 e. The molecular formula is C12H19NOS. The van der Waals surface area contributed by atoms with Gasteiger partial charge in [-0.05, 0) is 44.2 Å². The second-order valence-electron chi connectivity index (χ2n) is 4.08. The van der Waals surface area contributed by atoms with Gasteiger partial charge in [-0.3, -0.25) is 0 Å². The number of nitrogens with one attached hydrogen (secondary N) is 1. The number of likely N-dealkylation sites (N-methyl/N-ethyl adjacent to an activating group) is 1. The fourth-order valence-electron chi connectivity index (χ4n) is 2.15. The molecule has 84 valence electrons. The predicted molar refractivity (Wildman–Crippen MR) is 64.5 cm³/mol. The van der Waals surface area contributed by atoms with Crippen molar-refractivity contribution in [1.82, 2.24) is 5.32 Å². The Bertz CT molecular complexity index is 267. The molecule has 0 amide bonds. The van der Waals surface area contributed by atoms with Gasteiger partial charge in [0.05, 0.1) is 6.10 Å². The third kappa shape index (κ3) is 3.03. The van der Waals surface area contributed by atoms with E-state index in [9.17, 15) is 0 Å². The van der Waals surface area contributed by atoms with E-state index < -0.39 is 0 Å². The largest absolute Gasteiger partial charge is 0.377 e. The third-order valence-electron chi connectivity index (χ3n) is 3.04. The first-order valence-electron chi connectivity index (χ1n) is 5.71. The fourth-order valence-corrected chi connectivity index (χ4v) is 2.91. The maximum atomic E-state index is 5.82. The Morgan fingerprint density at radius 2 is 2.53 bits per heavy atom. The van der Waals surface area contributed by atoms with Crippen LogP contribution < -0.4 is 5.32 Å². The number of rotatable bonds is 4. The van der Waals surface area contributed by atoms with Crippen LogP contribution in [0.25, 0.3) is 0 Å². The summed E-state index contributed by atoms with van der Waals surface area (Å²) in [4.78, 5) is 1.45. The van der Waals surface area contributed by atoms with Crippen LogP contribution in [0.5, 0.6) is 0 Å². The summed E-state index contributed by atoms with van der Waals surface area (Å²) in [5, 5.41) is 5.53. The molecule has 1 aromatic rings. The summed E-state index contributed by atoms with van der Waals surface area (Å²) in [6.07, 6.45) is 5.25. The molecule has 0 radical (unpaired) electrons. The van der Waals surface area contributed by atoms with Gasteiger partial charge in [-0.15, -0.1) is 11.3 Å². The molecule has 0 bridgehead atoms. The lowest BCUT2D eigenvalue weighted by atomic mass is 9.99. The number of ether oxygens (including phenoxy) is 1. The molecule has 0 aromatic carbocycles. The van der Waals surface area contributed by atoms with E-state index in [4.69, 9.17) is 4.74 Å². The highest BCUT2D eigenvalue weighted by Gasteiger charge is 2.23. The first-order chi connectivity index (χ1) is 7.40. The Labute approximate surface area is 95.6 Å². The highest BCUT2D eigenvalue weighted by atomic mass is 32.1. The summed E-state index contributed by atoms with van der Waals surface area (Å²) in [6, 6.07) is 4.80. The van der Waals surface area contributed by atoms with Crippen LogP contribution in [0.4, 0.5) is 0 Å². The molecule has 2 rings (SSSR count). The minimum Gasteiger partial charge on any atom is -0.377 e. The van der Waals surface area contributed by atoms with Crippen LogP contribution in [-0.4, -0.2) is 25.8 Å². The van der Waals surface area contributed by atoms with Crippen molar-refractivity contribution >= 4 is 11.3 Å². The molecule has 1 aliphatic rings. The fraction of sp³-hybridized carbons (Fsp3) is 0.667. The van der Waals surface area contributed by atoms with E-state index in [-0.39, 0.29) is 0 Å². The van der Waals surface area contributed by atoms with Crippen LogP contribution in [0.1, 0.15) is 24.1 Å². The van der Waals surface area contributed by atoms with E-state index in [1.165, 1.54) is 24.1 Å². The van der Waals surface area contributed by atoms with E-state index in [0.717, 1.165) is 13.0 Å². The highest BCUT2D eigenvalue weighted by molar-refractivity contribution is 7.09. The third-order valence-corrected chi connectivity index (χ3v) is 3.93. The summed E-state index contributed by atoms with van der Waals surface area (Å²) in [5.41, 5.74) is 0. The summed E-state index contributed by atoms with van der Waals surface area (Å²) in [6.45, 7) is 0.938. The van der Waals surface area contributed by atoms with Gasteiger partial charge in [-0.2, -0.15) is 0 Å². The minimum atomic E-state index is 0.408. The molecule has 0 aliphatic carbocycles. The molecule has 15 heavy (non-hydrogen) atoms. The van der Waals surface area contributed by atoms with Gasteiger partial charge in [0.1, 0.15) is 0 Å². The van der Waals surface area contributed by atoms with Crippen LogP contribution in [-0.2, 0) is 11.2 Å². The molecule has 2 atom stereocenters. The van der Waals surface area contributed by atoms with Gasteiger partial charge >= 0.3 is 0 Å². The van der Waals surface area contributed by atoms with Crippen LogP contribution in [0.15, 0.2) is 17.5 Å². The Balaban J connectivity index is 1.91. The number of thiophene rings is 1. The summed E-state index contributed by atoms with van der Waals surface area (Å²) < 4.78 is 5.82. The second-order valence-corrected chi connectivity index (χ2v) is 5.12. The van der Waals surface area contributed by atoms with E-state index >= 15 is 0 Å². The highest BCUT2D eigenvalue weighted by Crippen LogP contribution is 2.20. The first kappa shape index (κ1) is 11.1. The monoisotopic (exact) mass is 225 g/mol. The molecule has 2 heterocycles. The summed E-state index contributed by atoms with van der Waals surface area (Å²) in [7, 11) is 2.04. The molecule has 1 saturated heterocycles. The lowest BCUT2D eigenvalue weighted by molar-refractivity contribution is -0.00571. The summed E-state index contributed by atoms with van der Waals surface area (Å²) in [5.74, 6) is 0. The molecule has 1 N–H and O–H groups in total. The average molecular weight is 225 g/mol. The molecule has 2 unspecified atom stereocenters. The number of hydrogen-bond donors (Lipinski definition) is 1. The van der Waals surface area contributed by atoms with Crippen molar-refractivity contribution in [3.63, 3.8) is 0 Å². The van der Waals surface area contributed by atoms with E-state index in [0.29, 0.717) is 12.1 Å². The van der Waals surface area contributed by atoms with E-state index in [2.05, 4.69) is 22.8 Å². The molecule has 0 saturated carbocycles. The molecule has 3 heteroatoms. The van der Waals surface area contributed by atoms with Crippen molar-refractivity contribution in [3.8, 4) is 0 Å². The van der Waals surface area contributed by atoms with Gasteiger partial charge < -0.3 is 10.1 Å². The van der Waals surface area contributed by atoms with Crippen LogP contribution in [0, 0.1) is 0 Å². The van der Waals surface area contributed by atoms with Gasteiger partial charge in [0.2, 0.25) is 0 Å². The van der Waals surface area contributed by atoms with Crippen molar-refractivity contribution in [2.75, 3.05) is 13.7 Å². The van der Waals surface area contributed by atoms with Gasteiger partial charge in [-0.25, -0.2) is 0 Å². The lowest BCUT2D eigenvalue weighted by Gasteiger charge is -2.30. The van der Waals surface area contributed by atoms with Crippen molar-refractivity contribution in [1.29, 1.82) is 0 Å². The molecule has 1 fully saturated rings. The maximum absolute atomic E-state index is 5.82. The molecule has 2 nitrogen and oxygen atoms in total. The quantitative estimate of drug-likeness (QED) is 0.850. The van der Waals surface area contributed by atoms with Gasteiger partial charge in [-0.1, -0.05) is 6.07 Å². The number of hydrogen-bond acceptors (Lipinski definition) is 3. The van der Waals surface area contributed by atoms with Crippen molar-refractivity contribution in [2.45, 2.75) is 37.8 Å². The Kier molecular flexibility index (Phi) is 4.18. The first-order valence-corrected chi connectivity index (χ1v) is 6.59. The van der Waals surface area contributed by atoms with Gasteiger partial charge in [0.25, 0.3) is 0 Å². The molecular weight excluding hydrogens is 206 g/mol. The SMILES string of the molecule is CNC(Cc1cccs1)C1CCCCO1. The predicted octanol–water partition coefficient (Wildman–Crippen LogP) is 2.45. The molecule has 1 aliphatic heterocycles. The smallest absolute Gasteiger partial charge is 0.0731 e. The topological polar surface area (TPSA) is 21.3 Å². The Hall–Kier alpha value is -0.380. The van der Waals surface area contributed by atoms with E-state index in [1.54, 1.807) is 0 Å². The van der Waals surface area contributed by atoms with Gasteiger partial charge in [0.15, 0.2) is 0 Å². The minimum absolute atomic E-state index is 0.408. The Morgan fingerprint density at radius 1 is 1.60 bits per heavy atom. The standard InChI is InChI=1S/C12H19NOS/c1-13-11(9-10-5-4-8-15-10)12-6-2-3-7-14-12/h4-5,8,11-13H,2-3,6-7,9H2,1H3. The summed E-state index contributed by atoms with van der Waals surface area (Å²) >= 11 is 1.84. The average Bonchev–Trinajstić information content (AvgIpc) is 2.80. The van der Waals surface area contributed by atoms with Crippen molar-refractivity contribution < 1.29 is 4.74 Å². The van der Waals surface area contributed by atoms with Crippen molar-refractivity contribution in [3.05, 3.63) is 22.4 Å². The zero-order valence-electron chi connectivity index (χ0n) is 9.24. The van der Waals surface area contributed by atoms with Crippen LogP contribution in [0.2, 0.25) is 0 Å². The van der Waals surface area contributed by atoms with Crippen molar-refractivity contribution in [2.24, 2.45) is 0 Å². The molecule has 0 spiro atoms. The van der Waals surface area contributed by atoms with Crippen LogP contribution >= 0.6 is 11.3 Å². The molecule has 1 aromatic heterocycles. The van der Waals surface area contributed by atoms with Crippen LogP contribution in [0.3, 0.4) is 0 Å². The lowest BCUT2D eigenvalue weighted by Crippen LogP contribution is -2.42. The zero-order valence-corrected chi connectivity index (χ0v) is 10.1. The second kappa shape index (κ2) is 5.64. The van der Waals surface area contributed by atoms with E-state index in [1.807, 2.05) is 18.4 Å². The normalized spacial score (nSPS) is 23.9. The zero-order chi connectivity index (χ0) is 10.5.